The number of ether oxygens (including phenoxy) is 1. The first-order valence-corrected chi connectivity index (χ1v) is 10.6. The van der Waals surface area contributed by atoms with Gasteiger partial charge in [0.1, 0.15) is 50.0 Å². The summed E-state index contributed by atoms with van der Waals surface area (Å²) in [5.41, 5.74) is 3.00. The number of carbonyl (C=O) groups excluding carboxylic acids is 1. The number of carbonyl (C=O) groups is 1. The number of benzene rings is 2. The molecule has 0 amide bonds. The van der Waals surface area contributed by atoms with Crippen LogP contribution in [0.15, 0.2) is 42.5 Å². The van der Waals surface area contributed by atoms with E-state index in [1.54, 1.807) is 23.8 Å². The Hall–Kier alpha value is -2.28. The summed E-state index contributed by atoms with van der Waals surface area (Å²) in [6, 6.07) is 14.1. The normalized spacial score (nSPS) is 19.6. The molecule has 1 aliphatic heterocycles. The third-order valence-electron chi connectivity index (χ3n) is 5.53. The molecule has 6 heteroatoms. The van der Waals surface area contributed by atoms with Crippen molar-refractivity contribution in [2.75, 3.05) is 33.3 Å². The maximum absolute atomic E-state index is 11.7. The monoisotopic (exact) mass is 397 g/mol. The SMILES string of the molecule is COc1ccc(C(C)=O)cc1C[NH+]1CC[NH+](Cc2nc3ccccc3s2)CC1. The molecule has 28 heavy (non-hydrogen) atoms. The molecule has 0 radical (unpaired) electrons. The molecular formula is C22H27N3O2S+2. The molecule has 1 aromatic heterocycles. The summed E-state index contributed by atoms with van der Waals surface area (Å²) in [5.74, 6) is 0.978. The molecule has 1 aliphatic rings. The van der Waals surface area contributed by atoms with Gasteiger partial charge in [0.05, 0.1) is 17.3 Å². The fourth-order valence-corrected chi connectivity index (χ4v) is 4.96. The molecule has 4 rings (SSSR count). The van der Waals surface area contributed by atoms with Crippen LogP contribution in [0.1, 0.15) is 27.9 Å². The molecule has 5 nitrogen and oxygen atoms in total. The number of hydrogen-bond donors (Lipinski definition) is 2. The van der Waals surface area contributed by atoms with Gasteiger partial charge < -0.3 is 14.5 Å². The molecule has 0 unspecified atom stereocenters. The molecular weight excluding hydrogens is 370 g/mol. The number of Topliss-reactive ketones (excluding diaryl/α,β-unsaturated/α-hetero) is 1. The van der Waals surface area contributed by atoms with Crippen LogP contribution < -0.4 is 14.5 Å². The molecule has 2 N–H and O–H groups in total. The number of quaternary nitrogens is 2. The minimum absolute atomic E-state index is 0.101. The number of fused-ring (bicyclic) bond motifs is 1. The van der Waals surface area contributed by atoms with Gasteiger partial charge >= 0.3 is 0 Å². The van der Waals surface area contributed by atoms with Gasteiger partial charge in [-0.2, -0.15) is 0 Å². The maximum atomic E-state index is 11.7. The summed E-state index contributed by atoms with van der Waals surface area (Å²) in [7, 11) is 1.70. The number of hydrogen-bond acceptors (Lipinski definition) is 4. The van der Waals surface area contributed by atoms with Crippen LogP contribution in [0.5, 0.6) is 5.75 Å². The summed E-state index contributed by atoms with van der Waals surface area (Å²) in [6.45, 7) is 8.04. The topological polar surface area (TPSA) is 48.1 Å². The number of methoxy groups -OCH3 is 1. The standard InChI is InChI=1S/C22H25N3O2S/c1-16(26)17-7-8-20(27-2)18(13-17)14-24-9-11-25(12-10-24)15-22-23-19-5-3-4-6-21(19)28-22/h3-8,13H,9-12,14-15H2,1-2H3/p+2. The lowest BCUT2D eigenvalue weighted by atomic mass is 10.1. The number of nitrogens with zero attached hydrogens (tertiary/aromatic N) is 1. The highest BCUT2D eigenvalue weighted by atomic mass is 32.1. The van der Waals surface area contributed by atoms with Crippen molar-refractivity contribution in [3.63, 3.8) is 0 Å². The molecule has 0 spiro atoms. The van der Waals surface area contributed by atoms with Crippen molar-refractivity contribution in [2.24, 2.45) is 0 Å². The molecule has 2 heterocycles. The molecule has 1 saturated heterocycles. The van der Waals surface area contributed by atoms with Gasteiger partial charge in [0, 0.05) is 11.1 Å². The highest BCUT2D eigenvalue weighted by Crippen LogP contribution is 2.21. The van der Waals surface area contributed by atoms with E-state index in [4.69, 9.17) is 9.72 Å². The van der Waals surface area contributed by atoms with Gasteiger partial charge in [0.25, 0.3) is 0 Å². The van der Waals surface area contributed by atoms with E-state index in [1.165, 1.54) is 9.71 Å². The second-order valence-electron chi connectivity index (χ2n) is 7.51. The molecule has 0 saturated carbocycles. The number of rotatable bonds is 6. The lowest BCUT2D eigenvalue weighted by Crippen LogP contribution is -3.27. The Kier molecular flexibility index (Phi) is 5.71. The van der Waals surface area contributed by atoms with Gasteiger partial charge in [0.2, 0.25) is 0 Å². The predicted molar refractivity (Wildman–Crippen MR) is 111 cm³/mol. The smallest absolute Gasteiger partial charge is 0.159 e. The van der Waals surface area contributed by atoms with Crippen LogP contribution in [0.25, 0.3) is 10.2 Å². The summed E-state index contributed by atoms with van der Waals surface area (Å²) in [6.07, 6.45) is 0. The third kappa shape index (κ3) is 4.24. The van der Waals surface area contributed by atoms with E-state index in [0.29, 0.717) is 0 Å². The van der Waals surface area contributed by atoms with Crippen molar-refractivity contribution in [1.82, 2.24) is 4.98 Å². The van der Waals surface area contributed by atoms with E-state index < -0.39 is 0 Å². The minimum Gasteiger partial charge on any atom is -0.496 e. The van der Waals surface area contributed by atoms with E-state index in [9.17, 15) is 4.79 Å². The van der Waals surface area contributed by atoms with Gasteiger partial charge in [-0.1, -0.05) is 12.1 Å². The highest BCUT2D eigenvalue weighted by Gasteiger charge is 2.25. The van der Waals surface area contributed by atoms with Crippen LogP contribution >= 0.6 is 11.3 Å². The van der Waals surface area contributed by atoms with Gasteiger partial charge in [-0.05, 0) is 37.3 Å². The van der Waals surface area contributed by atoms with E-state index in [-0.39, 0.29) is 5.78 Å². The van der Waals surface area contributed by atoms with Crippen LogP contribution in [0, 0.1) is 0 Å². The van der Waals surface area contributed by atoms with Gasteiger partial charge in [-0.25, -0.2) is 4.98 Å². The average Bonchev–Trinajstić information content (AvgIpc) is 3.11. The Labute approximate surface area is 169 Å². The Morgan fingerprint density at radius 2 is 1.79 bits per heavy atom. The second kappa shape index (κ2) is 8.39. The van der Waals surface area contributed by atoms with Crippen molar-refractivity contribution >= 4 is 27.3 Å². The quantitative estimate of drug-likeness (QED) is 0.610. The summed E-state index contributed by atoms with van der Waals surface area (Å²) in [4.78, 5) is 19.7. The molecule has 0 atom stereocenters. The molecule has 146 valence electrons. The van der Waals surface area contributed by atoms with Crippen LogP contribution in [-0.2, 0) is 13.1 Å². The van der Waals surface area contributed by atoms with Crippen molar-refractivity contribution in [1.29, 1.82) is 0 Å². The molecule has 1 fully saturated rings. The van der Waals surface area contributed by atoms with Crippen molar-refractivity contribution in [2.45, 2.75) is 20.0 Å². The molecule has 0 bridgehead atoms. The van der Waals surface area contributed by atoms with E-state index in [1.807, 2.05) is 29.5 Å². The summed E-state index contributed by atoms with van der Waals surface area (Å²) in [5, 5.41) is 1.23. The lowest BCUT2D eigenvalue weighted by Gasteiger charge is -2.29. The first kappa shape index (κ1) is 19.1. The fraction of sp³-hybridized carbons (Fsp3) is 0.364. The first-order valence-electron chi connectivity index (χ1n) is 9.82. The summed E-state index contributed by atoms with van der Waals surface area (Å²) < 4.78 is 6.79. The number of thiazole rings is 1. The largest absolute Gasteiger partial charge is 0.496 e. The molecule has 3 aromatic rings. The van der Waals surface area contributed by atoms with Crippen molar-refractivity contribution in [3.05, 3.63) is 58.6 Å². The maximum Gasteiger partial charge on any atom is 0.159 e. The minimum atomic E-state index is 0.101. The highest BCUT2D eigenvalue weighted by molar-refractivity contribution is 7.18. The van der Waals surface area contributed by atoms with Gasteiger partial charge in [-0.15, -0.1) is 11.3 Å². The lowest BCUT2D eigenvalue weighted by molar-refractivity contribution is -1.02. The predicted octanol–water partition coefficient (Wildman–Crippen LogP) is 0.991. The summed E-state index contributed by atoms with van der Waals surface area (Å²) >= 11 is 1.82. The van der Waals surface area contributed by atoms with Crippen LogP contribution in [0.2, 0.25) is 0 Å². The van der Waals surface area contributed by atoms with Gasteiger partial charge in [-0.3, -0.25) is 4.79 Å². The van der Waals surface area contributed by atoms with Crippen LogP contribution in [-0.4, -0.2) is 44.1 Å². The van der Waals surface area contributed by atoms with Crippen molar-refractivity contribution < 1.29 is 19.3 Å². The Balaban J connectivity index is 1.36. The number of para-hydroxylation sites is 1. The number of aromatic nitrogens is 1. The Morgan fingerprint density at radius 3 is 2.46 bits per heavy atom. The zero-order valence-corrected chi connectivity index (χ0v) is 17.3. The van der Waals surface area contributed by atoms with E-state index in [0.717, 1.165) is 61.7 Å². The van der Waals surface area contributed by atoms with Crippen LogP contribution in [0.3, 0.4) is 0 Å². The number of nitrogens with one attached hydrogen (secondary N) is 2. The van der Waals surface area contributed by atoms with Crippen molar-refractivity contribution in [3.8, 4) is 5.75 Å². The zero-order chi connectivity index (χ0) is 19.5. The Bertz CT molecular complexity index is 944. The van der Waals surface area contributed by atoms with Gasteiger partial charge in [0.15, 0.2) is 5.78 Å². The third-order valence-corrected chi connectivity index (χ3v) is 6.57. The molecule has 2 aromatic carbocycles. The number of ketones is 1. The Morgan fingerprint density at radius 1 is 1.07 bits per heavy atom. The second-order valence-corrected chi connectivity index (χ2v) is 8.63. The first-order chi connectivity index (χ1) is 13.6. The van der Waals surface area contributed by atoms with Crippen LogP contribution in [0.4, 0.5) is 0 Å². The fourth-order valence-electron chi connectivity index (χ4n) is 3.93. The van der Waals surface area contributed by atoms with E-state index >= 15 is 0 Å². The number of piperazine rings is 1. The average molecular weight is 398 g/mol. The zero-order valence-electron chi connectivity index (χ0n) is 16.5. The van der Waals surface area contributed by atoms with E-state index in [2.05, 4.69) is 24.3 Å². The molecule has 0 aliphatic carbocycles.